The molecule has 0 bridgehead atoms. The maximum Gasteiger partial charge on any atom is 0.270 e. The molecule has 1 aliphatic rings. The molecule has 4 aromatic rings. The molecule has 1 amide bonds. The molecule has 0 aliphatic heterocycles. The highest BCUT2D eigenvalue weighted by molar-refractivity contribution is 6.04. The standard InChI is InChI=1S/C30H35N7O2/c1-20-18-33-37(3)28(20)23-12-15-26(31-19-23)34-24-13-10-22(11-14-24)29(38)27(21-8-6-4-5-7-9-21)35-30(39)25-16-17-32-36(25)2/h10-19,21,27H,4-9H2,1-3H3,(H,31,34)(H,35,39)/t27-/m0/s1. The number of hydrogen-bond donors (Lipinski definition) is 2. The molecule has 1 aromatic carbocycles. The lowest BCUT2D eigenvalue weighted by atomic mass is 9.86. The van der Waals surface area contributed by atoms with Crippen molar-refractivity contribution in [2.45, 2.75) is 51.5 Å². The van der Waals surface area contributed by atoms with Crippen LogP contribution in [0.5, 0.6) is 0 Å². The van der Waals surface area contributed by atoms with Crippen molar-refractivity contribution < 1.29 is 9.59 Å². The van der Waals surface area contributed by atoms with E-state index in [1.807, 2.05) is 67.4 Å². The zero-order valence-corrected chi connectivity index (χ0v) is 22.7. The molecule has 3 heterocycles. The molecule has 5 rings (SSSR count). The van der Waals surface area contributed by atoms with E-state index >= 15 is 0 Å². The highest BCUT2D eigenvalue weighted by atomic mass is 16.2. The molecule has 1 atom stereocenters. The molecule has 9 nitrogen and oxygen atoms in total. The molecule has 0 saturated heterocycles. The Morgan fingerprint density at radius 3 is 2.23 bits per heavy atom. The summed E-state index contributed by atoms with van der Waals surface area (Å²) in [5, 5.41) is 14.8. The summed E-state index contributed by atoms with van der Waals surface area (Å²) < 4.78 is 3.37. The monoisotopic (exact) mass is 525 g/mol. The van der Waals surface area contributed by atoms with Crippen LogP contribution in [0.2, 0.25) is 0 Å². The second kappa shape index (κ2) is 11.6. The number of nitrogens with one attached hydrogen (secondary N) is 2. The van der Waals surface area contributed by atoms with Crippen molar-refractivity contribution in [2.75, 3.05) is 5.32 Å². The molecule has 202 valence electrons. The SMILES string of the molecule is Cc1cnn(C)c1-c1ccc(Nc2ccc(C(=O)[C@@H](NC(=O)c3ccnn3C)C3CCCCCC3)cc2)nc1. The number of amides is 1. The minimum atomic E-state index is -0.575. The van der Waals surface area contributed by atoms with Crippen molar-refractivity contribution in [2.24, 2.45) is 20.0 Å². The highest BCUT2D eigenvalue weighted by Crippen LogP contribution is 2.28. The summed E-state index contributed by atoms with van der Waals surface area (Å²) in [4.78, 5) is 31.4. The largest absolute Gasteiger partial charge is 0.340 e. The molecule has 1 fully saturated rings. The van der Waals surface area contributed by atoms with Gasteiger partial charge >= 0.3 is 0 Å². The van der Waals surface area contributed by atoms with Gasteiger partial charge in [-0.25, -0.2) is 4.98 Å². The third-order valence-electron chi connectivity index (χ3n) is 7.59. The smallest absolute Gasteiger partial charge is 0.270 e. The topological polar surface area (TPSA) is 107 Å². The number of hydrogen-bond acceptors (Lipinski definition) is 6. The number of ketones is 1. The predicted octanol–water partition coefficient (Wildman–Crippen LogP) is 5.22. The van der Waals surface area contributed by atoms with E-state index in [1.54, 1.807) is 19.3 Å². The van der Waals surface area contributed by atoms with Crippen molar-refractivity contribution in [1.82, 2.24) is 29.9 Å². The lowest BCUT2D eigenvalue weighted by Gasteiger charge is -2.26. The molecule has 1 saturated carbocycles. The predicted molar refractivity (Wildman–Crippen MR) is 151 cm³/mol. The maximum absolute atomic E-state index is 13.7. The van der Waals surface area contributed by atoms with E-state index in [0.29, 0.717) is 17.1 Å². The van der Waals surface area contributed by atoms with Crippen LogP contribution in [0.25, 0.3) is 11.3 Å². The Kier molecular flexibility index (Phi) is 7.86. The molecule has 39 heavy (non-hydrogen) atoms. The van der Waals surface area contributed by atoms with Crippen molar-refractivity contribution in [1.29, 1.82) is 0 Å². The van der Waals surface area contributed by atoms with Crippen LogP contribution in [-0.4, -0.2) is 42.3 Å². The summed E-state index contributed by atoms with van der Waals surface area (Å²) >= 11 is 0. The van der Waals surface area contributed by atoms with Gasteiger partial charge in [0, 0.05) is 43.3 Å². The van der Waals surface area contributed by atoms with E-state index in [9.17, 15) is 9.59 Å². The molecule has 0 unspecified atom stereocenters. The van der Waals surface area contributed by atoms with Crippen LogP contribution in [0.3, 0.4) is 0 Å². The van der Waals surface area contributed by atoms with Gasteiger partial charge in [-0.2, -0.15) is 10.2 Å². The van der Waals surface area contributed by atoms with Gasteiger partial charge in [0.15, 0.2) is 5.78 Å². The van der Waals surface area contributed by atoms with Gasteiger partial charge in [-0.1, -0.05) is 25.7 Å². The van der Waals surface area contributed by atoms with Gasteiger partial charge in [0.1, 0.15) is 11.5 Å². The van der Waals surface area contributed by atoms with Crippen LogP contribution in [0, 0.1) is 12.8 Å². The van der Waals surface area contributed by atoms with E-state index in [0.717, 1.165) is 48.2 Å². The average Bonchev–Trinajstić information content (AvgIpc) is 3.40. The first-order valence-electron chi connectivity index (χ1n) is 13.6. The molecular weight excluding hydrogens is 490 g/mol. The minimum absolute atomic E-state index is 0.0574. The van der Waals surface area contributed by atoms with Crippen LogP contribution in [0.15, 0.2) is 61.1 Å². The molecule has 0 spiro atoms. The molecular formula is C30H35N7O2. The van der Waals surface area contributed by atoms with Gasteiger partial charge in [-0.15, -0.1) is 0 Å². The highest BCUT2D eigenvalue weighted by Gasteiger charge is 2.31. The lowest BCUT2D eigenvalue weighted by Crippen LogP contribution is -2.46. The van der Waals surface area contributed by atoms with Crippen molar-refractivity contribution in [3.8, 4) is 11.3 Å². The summed E-state index contributed by atoms with van der Waals surface area (Å²) in [7, 11) is 3.65. The summed E-state index contributed by atoms with van der Waals surface area (Å²) in [5.41, 5.74) is 4.98. The van der Waals surface area contributed by atoms with E-state index in [-0.39, 0.29) is 17.6 Å². The number of rotatable bonds is 8. The number of carbonyl (C=O) groups is 2. The van der Waals surface area contributed by atoms with E-state index in [2.05, 4.69) is 25.8 Å². The fourth-order valence-electron chi connectivity index (χ4n) is 5.47. The first-order chi connectivity index (χ1) is 18.9. The number of Topliss-reactive ketones (excluding diaryl/α,β-unsaturated/α-hetero) is 1. The quantitative estimate of drug-likeness (QED) is 0.241. The second-order valence-electron chi connectivity index (χ2n) is 10.3. The Labute approximate surface area is 228 Å². The summed E-state index contributed by atoms with van der Waals surface area (Å²) in [6, 6.07) is 12.4. The molecule has 3 aromatic heterocycles. The van der Waals surface area contributed by atoms with Gasteiger partial charge in [0.25, 0.3) is 5.91 Å². The summed E-state index contributed by atoms with van der Waals surface area (Å²) in [6.07, 6.45) is 11.6. The van der Waals surface area contributed by atoms with E-state index in [1.165, 1.54) is 17.5 Å². The fraction of sp³-hybridized carbons (Fsp3) is 0.367. The number of anilines is 2. The van der Waals surface area contributed by atoms with Gasteiger partial charge in [-0.3, -0.25) is 19.0 Å². The van der Waals surface area contributed by atoms with Crippen LogP contribution in [-0.2, 0) is 14.1 Å². The van der Waals surface area contributed by atoms with Crippen LogP contribution in [0.1, 0.15) is 64.9 Å². The number of pyridine rings is 1. The second-order valence-corrected chi connectivity index (χ2v) is 10.3. The van der Waals surface area contributed by atoms with Crippen molar-refractivity contribution in [3.63, 3.8) is 0 Å². The Hall–Kier alpha value is -4.27. The van der Waals surface area contributed by atoms with Gasteiger partial charge in [0.2, 0.25) is 0 Å². The molecule has 0 radical (unpaired) electrons. The Bertz CT molecular complexity index is 1410. The lowest BCUT2D eigenvalue weighted by molar-refractivity contribution is 0.0808. The van der Waals surface area contributed by atoms with Gasteiger partial charge < -0.3 is 10.6 Å². The van der Waals surface area contributed by atoms with Crippen molar-refractivity contribution >= 4 is 23.2 Å². The number of aromatic nitrogens is 5. The van der Waals surface area contributed by atoms with Gasteiger partial charge in [0.05, 0.1) is 17.9 Å². The maximum atomic E-state index is 13.7. The molecule has 1 aliphatic carbocycles. The van der Waals surface area contributed by atoms with Crippen LogP contribution >= 0.6 is 0 Å². The minimum Gasteiger partial charge on any atom is -0.340 e. The number of nitrogens with zero attached hydrogens (tertiary/aromatic N) is 5. The van der Waals surface area contributed by atoms with E-state index in [4.69, 9.17) is 0 Å². The van der Waals surface area contributed by atoms with Gasteiger partial charge in [-0.05, 0) is 73.7 Å². The zero-order valence-electron chi connectivity index (χ0n) is 22.7. The number of benzene rings is 1. The van der Waals surface area contributed by atoms with Crippen LogP contribution in [0.4, 0.5) is 11.5 Å². The number of aryl methyl sites for hydroxylation is 3. The normalized spacial score (nSPS) is 14.9. The molecule has 9 heteroatoms. The Morgan fingerprint density at radius 2 is 1.64 bits per heavy atom. The average molecular weight is 526 g/mol. The first kappa shape index (κ1) is 26.3. The Balaban J connectivity index is 1.30. The molecule has 2 N–H and O–H groups in total. The third-order valence-corrected chi connectivity index (χ3v) is 7.59. The fourth-order valence-corrected chi connectivity index (χ4v) is 5.47. The summed E-state index contributed by atoms with van der Waals surface area (Å²) in [5.74, 6) is 0.489. The van der Waals surface area contributed by atoms with E-state index < -0.39 is 6.04 Å². The van der Waals surface area contributed by atoms with Crippen LogP contribution < -0.4 is 10.6 Å². The Morgan fingerprint density at radius 1 is 0.897 bits per heavy atom. The summed E-state index contributed by atoms with van der Waals surface area (Å²) in [6.45, 7) is 2.03. The van der Waals surface area contributed by atoms with Crippen molar-refractivity contribution in [3.05, 3.63) is 77.9 Å². The zero-order chi connectivity index (χ0) is 27.4. The third kappa shape index (κ3) is 5.92. The number of carbonyl (C=O) groups excluding carboxylic acids is 2. The first-order valence-corrected chi connectivity index (χ1v) is 13.6.